The number of fused-ring (bicyclic) bond motifs is 2. The number of para-hydroxylation sites is 2. The summed E-state index contributed by atoms with van der Waals surface area (Å²) in [5.41, 5.74) is 3.33. The monoisotopic (exact) mass is 392 g/mol. The van der Waals surface area contributed by atoms with Crippen molar-refractivity contribution >= 4 is 39.9 Å². The van der Waals surface area contributed by atoms with Gasteiger partial charge in [-0.05, 0) is 43.0 Å². The van der Waals surface area contributed by atoms with E-state index in [1.165, 1.54) is 42.1 Å². The fourth-order valence-corrected chi connectivity index (χ4v) is 4.51. The van der Waals surface area contributed by atoms with E-state index in [0.717, 1.165) is 23.2 Å². The van der Waals surface area contributed by atoms with E-state index in [-0.39, 0.29) is 12.4 Å². The van der Waals surface area contributed by atoms with Crippen LogP contribution in [-0.4, -0.2) is 11.0 Å². The van der Waals surface area contributed by atoms with Crippen molar-refractivity contribution < 1.29 is 4.42 Å². The molecule has 0 radical (unpaired) electrons. The average Bonchev–Trinajstić information content (AvgIpc) is 3.22. The lowest BCUT2D eigenvalue weighted by Crippen LogP contribution is -2.33. The van der Waals surface area contributed by atoms with Gasteiger partial charge in [0.15, 0.2) is 0 Å². The zero-order chi connectivity index (χ0) is 18.1. The van der Waals surface area contributed by atoms with Gasteiger partial charge in [0.2, 0.25) is 0 Å². The Bertz CT molecular complexity index is 1010. The van der Waals surface area contributed by atoms with Gasteiger partial charge >= 0.3 is 0 Å². The molecule has 28 heavy (non-hydrogen) atoms. The maximum absolute atomic E-state index is 5.64. The van der Waals surface area contributed by atoms with Crippen LogP contribution in [0.3, 0.4) is 0 Å². The van der Waals surface area contributed by atoms with Crippen molar-refractivity contribution in [1.82, 2.24) is 4.98 Å². The number of pyridine rings is 1. The van der Waals surface area contributed by atoms with Crippen LogP contribution in [0.15, 0.2) is 71.3 Å². The molecular weight excluding hydrogens is 368 g/mol. The molecule has 2 unspecified atom stereocenters. The normalized spacial score (nSPS) is 19.4. The first-order chi connectivity index (χ1) is 13.4. The van der Waals surface area contributed by atoms with Crippen molar-refractivity contribution in [1.29, 1.82) is 0 Å². The van der Waals surface area contributed by atoms with Gasteiger partial charge in [-0.3, -0.25) is 0 Å². The Balaban J connectivity index is 0.00000192. The van der Waals surface area contributed by atoms with E-state index in [9.17, 15) is 0 Å². The van der Waals surface area contributed by atoms with Crippen LogP contribution in [0.25, 0.3) is 21.8 Å². The van der Waals surface area contributed by atoms with Crippen molar-refractivity contribution in [2.24, 2.45) is 5.92 Å². The quantitative estimate of drug-likeness (QED) is 0.397. The molecule has 1 saturated carbocycles. The third kappa shape index (κ3) is 3.59. The highest BCUT2D eigenvalue weighted by Crippen LogP contribution is 2.35. The van der Waals surface area contributed by atoms with Crippen molar-refractivity contribution in [2.45, 2.75) is 38.1 Å². The molecule has 2 atom stereocenters. The van der Waals surface area contributed by atoms with Crippen molar-refractivity contribution in [3.8, 4) is 0 Å². The minimum absolute atomic E-state index is 0. The van der Waals surface area contributed by atoms with Crippen molar-refractivity contribution in [3.63, 3.8) is 0 Å². The Morgan fingerprint density at radius 3 is 2.21 bits per heavy atom. The Labute approximate surface area is 171 Å². The Morgan fingerprint density at radius 1 is 0.857 bits per heavy atom. The minimum Gasteiger partial charge on any atom is -0.469 e. The number of nitrogens with zero attached hydrogens (tertiary/aromatic N) is 1. The molecule has 1 N–H and O–H groups in total. The number of anilines is 1. The third-order valence-corrected chi connectivity index (χ3v) is 5.87. The highest BCUT2D eigenvalue weighted by Gasteiger charge is 2.27. The molecule has 2 aromatic carbocycles. The van der Waals surface area contributed by atoms with Crippen LogP contribution in [0.4, 0.5) is 5.69 Å². The predicted molar refractivity (Wildman–Crippen MR) is 118 cm³/mol. The Kier molecular flexibility index (Phi) is 5.54. The second kappa shape index (κ2) is 8.24. The second-order valence-corrected chi connectivity index (χ2v) is 7.60. The van der Waals surface area contributed by atoms with Gasteiger partial charge in [-0.15, -0.1) is 12.4 Å². The van der Waals surface area contributed by atoms with Gasteiger partial charge in [-0.1, -0.05) is 49.2 Å². The Hall–Kier alpha value is -2.52. The molecule has 1 aliphatic carbocycles. The largest absolute Gasteiger partial charge is 0.469 e. The van der Waals surface area contributed by atoms with E-state index >= 15 is 0 Å². The van der Waals surface area contributed by atoms with Crippen molar-refractivity contribution in [2.75, 3.05) is 5.32 Å². The first-order valence-electron chi connectivity index (χ1n) is 9.95. The van der Waals surface area contributed by atoms with Gasteiger partial charge < -0.3 is 9.73 Å². The Morgan fingerprint density at radius 2 is 1.54 bits per heavy atom. The van der Waals surface area contributed by atoms with Crippen LogP contribution >= 0.6 is 12.4 Å². The van der Waals surface area contributed by atoms with Crippen LogP contribution in [0.5, 0.6) is 0 Å². The summed E-state index contributed by atoms with van der Waals surface area (Å²) in [5.74, 6) is 1.69. The van der Waals surface area contributed by atoms with Gasteiger partial charge in [0, 0.05) is 23.2 Å². The molecule has 5 rings (SSSR count). The van der Waals surface area contributed by atoms with Crippen molar-refractivity contribution in [3.05, 3.63) is 72.7 Å². The summed E-state index contributed by atoms with van der Waals surface area (Å²) in [6.07, 6.45) is 7.83. The topological polar surface area (TPSA) is 38.1 Å². The zero-order valence-corrected chi connectivity index (χ0v) is 16.6. The molecule has 2 aromatic heterocycles. The van der Waals surface area contributed by atoms with E-state index in [2.05, 4.69) is 59.9 Å². The zero-order valence-electron chi connectivity index (χ0n) is 15.8. The number of rotatable bonds is 4. The maximum atomic E-state index is 5.64. The molecule has 0 spiro atoms. The van der Waals surface area contributed by atoms with E-state index in [1.54, 1.807) is 6.26 Å². The molecule has 0 bridgehead atoms. The summed E-state index contributed by atoms with van der Waals surface area (Å²) in [5, 5.41) is 6.36. The molecule has 0 aliphatic heterocycles. The summed E-state index contributed by atoms with van der Waals surface area (Å²) < 4.78 is 5.64. The molecule has 144 valence electrons. The number of halogens is 1. The van der Waals surface area contributed by atoms with Crippen LogP contribution in [0, 0.1) is 5.92 Å². The van der Waals surface area contributed by atoms with Gasteiger partial charge in [-0.25, -0.2) is 4.98 Å². The molecular formula is C24H25ClN2O. The smallest absolute Gasteiger partial charge is 0.104 e. The lowest BCUT2D eigenvalue weighted by Gasteiger charge is -2.33. The summed E-state index contributed by atoms with van der Waals surface area (Å²) in [6, 6.07) is 21.5. The highest BCUT2D eigenvalue weighted by molar-refractivity contribution is 6.07. The fraction of sp³-hybridized carbons (Fsp3) is 0.292. The van der Waals surface area contributed by atoms with Gasteiger partial charge in [0.05, 0.1) is 23.0 Å². The molecule has 0 amide bonds. The number of aromatic nitrogens is 1. The summed E-state index contributed by atoms with van der Waals surface area (Å²) in [4.78, 5) is 4.86. The number of benzene rings is 2. The van der Waals surface area contributed by atoms with E-state index < -0.39 is 0 Å². The SMILES string of the molecule is Cl.c1coc(CC2CCCCC2Nc2c3ccccc3nc3ccccc23)c1. The fourth-order valence-electron chi connectivity index (χ4n) is 4.51. The first kappa shape index (κ1) is 18.8. The lowest BCUT2D eigenvalue weighted by molar-refractivity contribution is 0.306. The number of nitrogens with one attached hydrogen (secondary N) is 1. The van der Waals surface area contributed by atoms with E-state index in [0.29, 0.717) is 12.0 Å². The third-order valence-electron chi connectivity index (χ3n) is 5.87. The standard InChI is InChI=1S/C24H24N2O.ClH/c1-4-12-21(17(8-1)16-18-9-7-15-27-18)26-24-19-10-2-5-13-22(19)25-23-14-6-3-11-20(23)24;/h2-3,5-7,9-11,13-15,17,21H,1,4,8,12,16H2,(H,25,26);1H. The minimum atomic E-state index is 0. The van der Waals surface area contributed by atoms with Gasteiger partial charge in [0.25, 0.3) is 0 Å². The molecule has 4 aromatic rings. The lowest BCUT2D eigenvalue weighted by atomic mass is 9.81. The van der Waals surface area contributed by atoms with Gasteiger partial charge in [0.1, 0.15) is 5.76 Å². The van der Waals surface area contributed by atoms with Gasteiger partial charge in [-0.2, -0.15) is 0 Å². The molecule has 3 nitrogen and oxygen atoms in total. The van der Waals surface area contributed by atoms with Crippen LogP contribution in [-0.2, 0) is 6.42 Å². The summed E-state index contributed by atoms with van der Waals surface area (Å²) in [7, 11) is 0. The molecule has 2 heterocycles. The number of furan rings is 1. The summed E-state index contributed by atoms with van der Waals surface area (Å²) >= 11 is 0. The molecule has 0 saturated heterocycles. The number of hydrogen-bond acceptors (Lipinski definition) is 3. The average molecular weight is 393 g/mol. The molecule has 1 aliphatic rings. The van der Waals surface area contributed by atoms with E-state index in [4.69, 9.17) is 9.40 Å². The predicted octanol–water partition coefficient (Wildman–Crippen LogP) is 6.62. The highest BCUT2D eigenvalue weighted by atomic mass is 35.5. The van der Waals surface area contributed by atoms with Crippen LogP contribution < -0.4 is 5.32 Å². The summed E-state index contributed by atoms with van der Waals surface area (Å²) in [6.45, 7) is 0. The van der Waals surface area contributed by atoms with Crippen LogP contribution in [0.2, 0.25) is 0 Å². The molecule has 1 fully saturated rings. The first-order valence-corrected chi connectivity index (χ1v) is 9.95. The second-order valence-electron chi connectivity index (χ2n) is 7.60. The maximum Gasteiger partial charge on any atom is 0.104 e. The van der Waals surface area contributed by atoms with E-state index in [1.807, 2.05) is 6.07 Å². The van der Waals surface area contributed by atoms with Crippen LogP contribution in [0.1, 0.15) is 31.4 Å². The number of hydrogen-bond donors (Lipinski definition) is 1. The molecule has 4 heteroatoms.